The molecule has 0 unspecified atom stereocenters. The second-order valence-electron chi connectivity index (χ2n) is 6.02. The van der Waals surface area contributed by atoms with Gasteiger partial charge in [-0.3, -0.25) is 10.1 Å². The number of fused-ring (bicyclic) bond motifs is 1. The number of rotatable bonds is 6. The number of carbonyl (C=O) groups excluding carboxylic acids is 1. The first-order chi connectivity index (χ1) is 13.2. The Balaban J connectivity index is 1.52. The molecule has 27 heavy (non-hydrogen) atoms. The Hall–Kier alpha value is -3.12. The number of carbonyl (C=O) groups is 1. The first-order valence-corrected chi connectivity index (χ1v) is 9.64. The van der Waals surface area contributed by atoms with Gasteiger partial charge in [-0.1, -0.05) is 24.3 Å². The quantitative estimate of drug-likeness (QED) is 0.517. The SMILES string of the molecule is CCn1c(NC(=O)c2cccc(OCc3cccs3)c2)nc2ccccc21. The Kier molecular flexibility index (Phi) is 4.89. The van der Waals surface area contributed by atoms with E-state index in [4.69, 9.17) is 4.74 Å². The number of hydrogen-bond acceptors (Lipinski definition) is 4. The number of hydrogen-bond donors (Lipinski definition) is 1. The number of aryl methyl sites for hydroxylation is 1. The molecular weight excluding hydrogens is 358 g/mol. The number of thiophene rings is 1. The minimum atomic E-state index is -0.207. The van der Waals surface area contributed by atoms with Gasteiger partial charge in [0.25, 0.3) is 5.91 Å². The molecule has 0 atom stereocenters. The lowest BCUT2D eigenvalue weighted by Crippen LogP contribution is -2.15. The van der Waals surface area contributed by atoms with Crippen LogP contribution in [-0.2, 0) is 13.2 Å². The fraction of sp³-hybridized carbons (Fsp3) is 0.143. The lowest BCUT2D eigenvalue weighted by Gasteiger charge is -2.09. The molecule has 1 amide bonds. The molecule has 4 aromatic rings. The summed E-state index contributed by atoms with van der Waals surface area (Å²) in [5.74, 6) is 1.01. The molecule has 0 spiro atoms. The van der Waals surface area contributed by atoms with Crippen molar-refractivity contribution in [3.05, 3.63) is 76.5 Å². The molecule has 0 fully saturated rings. The molecule has 6 heteroatoms. The molecule has 2 aromatic carbocycles. The summed E-state index contributed by atoms with van der Waals surface area (Å²) in [6, 6.07) is 19.1. The zero-order chi connectivity index (χ0) is 18.6. The number of para-hydroxylation sites is 2. The lowest BCUT2D eigenvalue weighted by molar-refractivity contribution is 0.102. The second kappa shape index (κ2) is 7.63. The number of nitrogens with zero attached hydrogens (tertiary/aromatic N) is 2. The topological polar surface area (TPSA) is 56.2 Å². The Morgan fingerprint density at radius 3 is 2.85 bits per heavy atom. The van der Waals surface area contributed by atoms with Crippen molar-refractivity contribution >= 4 is 34.2 Å². The van der Waals surface area contributed by atoms with Crippen LogP contribution in [0.3, 0.4) is 0 Å². The van der Waals surface area contributed by atoms with Crippen LogP contribution in [0, 0.1) is 0 Å². The predicted molar refractivity (Wildman–Crippen MR) is 108 cm³/mol. The van der Waals surface area contributed by atoms with Gasteiger partial charge in [0.1, 0.15) is 12.4 Å². The molecule has 0 saturated carbocycles. The smallest absolute Gasteiger partial charge is 0.258 e. The Labute approximate surface area is 161 Å². The maximum absolute atomic E-state index is 12.7. The van der Waals surface area contributed by atoms with Crippen LogP contribution in [0.5, 0.6) is 5.75 Å². The van der Waals surface area contributed by atoms with Crippen molar-refractivity contribution in [3.8, 4) is 5.75 Å². The zero-order valence-electron chi connectivity index (χ0n) is 14.9. The van der Waals surface area contributed by atoms with Crippen LogP contribution < -0.4 is 10.1 Å². The van der Waals surface area contributed by atoms with Gasteiger partial charge < -0.3 is 9.30 Å². The van der Waals surface area contributed by atoms with E-state index in [1.807, 2.05) is 65.4 Å². The van der Waals surface area contributed by atoms with Crippen LogP contribution in [0.2, 0.25) is 0 Å². The number of imidazole rings is 1. The van der Waals surface area contributed by atoms with Crippen molar-refractivity contribution in [2.45, 2.75) is 20.1 Å². The Morgan fingerprint density at radius 1 is 1.15 bits per heavy atom. The molecule has 2 aromatic heterocycles. The summed E-state index contributed by atoms with van der Waals surface area (Å²) in [5.41, 5.74) is 2.40. The van der Waals surface area contributed by atoms with Crippen LogP contribution in [0.4, 0.5) is 5.95 Å². The highest BCUT2D eigenvalue weighted by molar-refractivity contribution is 7.09. The molecule has 0 bridgehead atoms. The van der Waals surface area contributed by atoms with Crippen molar-refractivity contribution in [3.63, 3.8) is 0 Å². The third-order valence-electron chi connectivity index (χ3n) is 4.25. The average molecular weight is 377 g/mol. The Morgan fingerprint density at radius 2 is 2.04 bits per heavy atom. The van der Waals surface area contributed by atoms with Crippen molar-refractivity contribution in [1.82, 2.24) is 9.55 Å². The Bertz CT molecular complexity index is 1070. The molecule has 1 N–H and O–H groups in total. The predicted octanol–water partition coefficient (Wildman–Crippen LogP) is 4.95. The van der Waals surface area contributed by atoms with Gasteiger partial charge in [-0.2, -0.15) is 0 Å². The molecule has 0 radical (unpaired) electrons. The molecule has 0 aliphatic heterocycles. The minimum absolute atomic E-state index is 0.207. The lowest BCUT2D eigenvalue weighted by atomic mass is 10.2. The number of aromatic nitrogens is 2. The van der Waals surface area contributed by atoms with Gasteiger partial charge in [0.15, 0.2) is 0 Å². The van der Waals surface area contributed by atoms with Crippen LogP contribution in [0.1, 0.15) is 22.2 Å². The third kappa shape index (κ3) is 3.71. The maximum Gasteiger partial charge on any atom is 0.258 e. The van der Waals surface area contributed by atoms with E-state index in [-0.39, 0.29) is 5.91 Å². The van der Waals surface area contributed by atoms with Gasteiger partial charge in [0, 0.05) is 17.0 Å². The van der Waals surface area contributed by atoms with Gasteiger partial charge in [-0.15, -0.1) is 11.3 Å². The summed E-state index contributed by atoms with van der Waals surface area (Å²) in [6.45, 7) is 3.25. The van der Waals surface area contributed by atoms with E-state index in [0.29, 0.717) is 23.9 Å². The zero-order valence-corrected chi connectivity index (χ0v) is 15.7. The molecule has 136 valence electrons. The van der Waals surface area contributed by atoms with Crippen LogP contribution in [-0.4, -0.2) is 15.5 Å². The largest absolute Gasteiger partial charge is 0.488 e. The number of amides is 1. The highest BCUT2D eigenvalue weighted by Crippen LogP contribution is 2.21. The monoisotopic (exact) mass is 377 g/mol. The number of benzene rings is 2. The van der Waals surface area contributed by atoms with E-state index in [9.17, 15) is 4.79 Å². The van der Waals surface area contributed by atoms with E-state index >= 15 is 0 Å². The second-order valence-corrected chi connectivity index (χ2v) is 7.05. The first-order valence-electron chi connectivity index (χ1n) is 8.76. The summed E-state index contributed by atoms with van der Waals surface area (Å²) in [7, 11) is 0. The fourth-order valence-corrected chi connectivity index (χ4v) is 3.56. The van der Waals surface area contributed by atoms with E-state index < -0.39 is 0 Å². The normalized spacial score (nSPS) is 10.9. The summed E-state index contributed by atoms with van der Waals surface area (Å²) < 4.78 is 7.78. The highest BCUT2D eigenvalue weighted by atomic mass is 32.1. The highest BCUT2D eigenvalue weighted by Gasteiger charge is 2.14. The van der Waals surface area contributed by atoms with Gasteiger partial charge in [0.2, 0.25) is 5.95 Å². The summed E-state index contributed by atoms with van der Waals surface area (Å²) in [4.78, 5) is 18.4. The van der Waals surface area contributed by atoms with Crippen LogP contribution >= 0.6 is 11.3 Å². The van der Waals surface area contributed by atoms with E-state index in [0.717, 1.165) is 22.5 Å². The minimum Gasteiger partial charge on any atom is -0.488 e. The third-order valence-corrected chi connectivity index (χ3v) is 5.10. The van der Waals surface area contributed by atoms with Gasteiger partial charge in [-0.05, 0) is 48.7 Å². The number of nitrogens with one attached hydrogen (secondary N) is 1. The van der Waals surface area contributed by atoms with Crippen molar-refractivity contribution in [2.75, 3.05) is 5.32 Å². The van der Waals surface area contributed by atoms with Gasteiger partial charge >= 0.3 is 0 Å². The molecule has 0 aliphatic rings. The standard InChI is InChI=1S/C21H19N3O2S/c1-2-24-19-11-4-3-10-18(19)22-21(24)23-20(25)15-7-5-8-16(13-15)26-14-17-9-6-12-27-17/h3-13H,2,14H2,1H3,(H,22,23,25). The van der Waals surface area contributed by atoms with E-state index in [1.54, 1.807) is 23.5 Å². The molecule has 0 saturated heterocycles. The number of anilines is 1. The maximum atomic E-state index is 12.7. The van der Waals surface area contributed by atoms with Gasteiger partial charge in [-0.25, -0.2) is 4.98 Å². The fourth-order valence-electron chi connectivity index (χ4n) is 2.94. The summed E-state index contributed by atoms with van der Waals surface area (Å²) in [5, 5.41) is 4.94. The molecule has 2 heterocycles. The van der Waals surface area contributed by atoms with Crippen molar-refractivity contribution < 1.29 is 9.53 Å². The van der Waals surface area contributed by atoms with Crippen LogP contribution in [0.15, 0.2) is 66.0 Å². The average Bonchev–Trinajstić information content (AvgIpc) is 3.33. The van der Waals surface area contributed by atoms with Crippen molar-refractivity contribution in [2.24, 2.45) is 0 Å². The summed E-state index contributed by atoms with van der Waals surface area (Å²) in [6.07, 6.45) is 0. The summed E-state index contributed by atoms with van der Waals surface area (Å²) >= 11 is 1.65. The molecule has 0 aliphatic carbocycles. The molecule has 5 nitrogen and oxygen atoms in total. The first kappa shape index (κ1) is 17.3. The van der Waals surface area contributed by atoms with Crippen molar-refractivity contribution in [1.29, 1.82) is 0 Å². The molecule has 4 rings (SSSR count). The van der Waals surface area contributed by atoms with E-state index in [2.05, 4.69) is 10.3 Å². The van der Waals surface area contributed by atoms with Gasteiger partial charge in [0.05, 0.1) is 11.0 Å². The number of ether oxygens (including phenoxy) is 1. The molecular formula is C21H19N3O2S. The van der Waals surface area contributed by atoms with E-state index in [1.165, 1.54) is 0 Å². The van der Waals surface area contributed by atoms with Crippen LogP contribution in [0.25, 0.3) is 11.0 Å².